The van der Waals surface area contributed by atoms with E-state index in [1.807, 2.05) is 60.7 Å². The number of nitrogens with one attached hydrogen (secondary N) is 1. The summed E-state index contributed by atoms with van der Waals surface area (Å²) in [7, 11) is -3.78. The van der Waals surface area contributed by atoms with E-state index in [2.05, 4.69) is 19.9 Å². The number of nitrogens with zero attached hydrogens (tertiary/aromatic N) is 5. The molecule has 0 atom stereocenters. The molecule has 3 aromatic carbocycles. The van der Waals surface area contributed by atoms with Crippen molar-refractivity contribution in [2.75, 3.05) is 4.72 Å². The van der Waals surface area contributed by atoms with Gasteiger partial charge >= 0.3 is 0 Å². The lowest BCUT2D eigenvalue weighted by molar-refractivity contribution is 0.601. The Balaban J connectivity index is 1.28. The van der Waals surface area contributed by atoms with Crippen molar-refractivity contribution < 1.29 is 8.42 Å². The van der Waals surface area contributed by atoms with Crippen molar-refractivity contribution in [1.29, 1.82) is 0 Å². The zero-order chi connectivity index (χ0) is 25.2. The van der Waals surface area contributed by atoms with E-state index < -0.39 is 10.0 Å². The third kappa shape index (κ3) is 4.55. The van der Waals surface area contributed by atoms with Gasteiger partial charge in [0.15, 0.2) is 11.5 Å². The summed E-state index contributed by atoms with van der Waals surface area (Å²) in [4.78, 5) is 4.23. The van der Waals surface area contributed by atoms with Crippen molar-refractivity contribution in [3.63, 3.8) is 0 Å². The molecule has 0 aliphatic heterocycles. The fourth-order valence-electron chi connectivity index (χ4n) is 4.04. The summed E-state index contributed by atoms with van der Waals surface area (Å²) in [5.41, 5.74) is 5.25. The van der Waals surface area contributed by atoms with Crippen LogP contribution in [0.1, 0.15) is 0 Å². The molecule has 37 heavy (non-hydrogen) atoms. The standard InChI is InChI=1S/C28H20N6O2S/c35-37(36,25-11-9-21(10-12-25)20-5-2-1-3-6-20)33-24-8-4-7-23(19-24)26-13-14-27-30-31-28(34(27)32-26)22-15-17-29-18-16-22/h1-19,33H. The van der Waals surface area contributed by atoms with E-state index in [4.69, 9.17) is 5.10 Å². The van der Waals surface area contributed by atoms with Crippen LogP contribution >= 0.6 is 0 Å². The number of anilines is 1. The molecule has 0 unspecified atom stereocenters. The maximum Gasteiger partial charge on any atom is 0.261 e. The van der Waals surface area contributed by atoms with Crippen molar-refractivity contribution in [2.24, 2.45) is 0 Å². The minimum atomic E-state index is -3.78. The van der Waals surface area contributed by atoms with E-state index in [1.54, 1.807) is 59.4 Å². The summed E-state index contributed by atoms with van der Waals surface area (Å²) in [6, 6.07) is 31.1. The van der Waals surface area contributed by atoms with Crippen molar-refractivity contribution in [3.8, 4) is 33.8 Å². The molecule has 0 radical (unpaired) electrons. The van der Waals surface area contributed by atoms with Crippen LogP contribution in [-0.4, -0.2) is 33.2 Å². The number of hydrogen-bond donors (Lipinski definition) is 1. The zero-order valence-corrected chi connectivity index (χ0v) is 20.2. The first kappa shape index (κ1) is 22.6. The molecule has 0 aliphatic rings. The average Bonchev–Trinajstić information content (AvgIpc) is 3.37. The SMILES string of the molecule is O=S(=O)(Nc1cccc(-c2ccc3nnc(-c4ccncc4)n3n2)c1)c1ccc(-c2ccccc2)cc1. The maximum atomic E-state index is 13.1. The van der Waals surface area contributed by atoms with Gasteiger partial charge in [0.05, 0.1) is 10.6 Å². The Kier molecular flexibility index (Phi) is 5.66. The van der Waals surface area contributed by atoms with Gasteiger partial charge in [-0.25, -0.2) is 8.42 Å². The fourth-order valence-corrected chi connectivity index (χ4v) is 5.09. The van der Waals surface area contributed by atoms with Crippen LogP contribution in [0.2, 0.25) is 0 Å². The van der Waals surface area contributed by atoms with Crippen molar-refractivity contribution in [1.82, 2.24) is 24.8 Å². The molecule has 0 fully saturated rings. The Bertz CT molecular complexity index is 1800. The maximum absolute atomic E-state index is 13.1. The van der Waals surface area contributed by atoms with Crippen LogP contribution in [0.3, 0.4) is 0 Å². The molecule has 0 saturated carbocycles. The Hall–Kier alpha value is -4.89. The number of fused-ring (bicyclic) bond motifs is 1. The Labute approximate surface area is 213 Å². The number of benzene rings is 3. The molecule has 6 aromatic rings. The second-order valence-electron chi connectivity index (χ2n) is 8.32. The van der Waals surface area contributed by atoms with E-state index in [1.165, 1.54) is 0 Å². The van der Waals surface area contributed by atoms with Gasteiger partial charge in [0.1, 0.15) is 0 Å². The van der Waals surface area contributed by atoms with Crippen LogP contribution in [0.4, 0.5) is 5.69 Å². The van der Waals surface area contributed by atoms with Crippen LogP contribution in [0, 0.1) is 0 Å². The van der Waals surface area contributed by atoms with E-state index in [0.717, 1.165) is 22.3 Å². The van der Waals surface area contributed by atoms with Gasteiger partial charge in [0.2, 0.25) is 0 Å². The summed E-state index contributed by atoms with van der Waals surface area (Å²) in [6.07, 6.45) is 3.37. The third-order valence-corrected chi connectivity index (χ3v) is 7.28. The second kappa shape index (κ2) is 9.29. The highest BCUT2D eigenvalue weighted by atomic mass is 32.2. The normalized spacial score (nSPS) is 11.5. The average molecular weight is 505 g/mol. The number of sulfonamides is 1. The molecule has 180 valence electrons. The Morgan fingerprint density at radius 1 is 0.649 bits per heavy atom. The van der Waals surface area contributed by atoms with Crippen LogP contribution in [0.25, 0.3) is 39.4 Å². The minimum absolute atomic E-state index is 0.184. The quantitative estimate of drug-likeness (QED) is 0.329. The monoisotopic (exact) mass is 504 g/mol. The summed E-state index contributed by atoms with van der Waals surface area (Å²) < 4.78 is 30.5. The highest BCUT2D eigenvalue weighted by molar-refractivity contribution is 7.92. The summed E-state index contributed by atoms with van der Waals surface area (Å²) in [6.45, 7) is 0. The minimum Gasteiger partial charge on any atom is -0.280 e. The van der Waals surface area contributed by atoms with E-state index in [0.29, 0.717) is 22.9 Å². The smallest absolute Gasteiger partial charge is 0.261 e. The van der Waals surface area contributed by atoms with Gasteiger partial charge in [0, 0.05) is 29.2 Å². The van der Waals surface area contributed by atoms with E-state index in [9.17, 15) is 8.42 Å². The third-order valence-electron chi connectivity index (χ3n) is 5.88. The molecule has 1 N–H and O–H groups in total. The molecule has 8 nitrogen and oxygen atoms in total. The Morgan fingerprint density at radius 3 is 2.16 bits per heavy atom. The molecule has 0 bridgehead atoms. The number of pyridine rings is 1. The first-order chi connectivity index (χ1) is 18.1. The lowest BCUT2D eigenvalue weighted by Crippen LogP contribution is -2.12. The van der Waals surface area contributed by atoms with Gasteiger partial charge in [-0.2, -0.15) is 9.61 Å². The molecule has 9 heteroatoms. The molecule has 3 heterocycles. The van der Waals surface area contributed by atoms with Gasteiger partial charge in [-0.15, -0.1) is 10.2 Å². The second-order valence-corrected chi connectivity index (χ2v) is 10.0. The molecule has 0 aliphatic carbocycles. The van der Waals surface area contributed by atoms with Crippen LogP contribution in [0.5, 0.6) is 0 Å². The molecule has 6 rings (SSSR count). The molecule has 0 amide bonds. The predicted octanol–water partition coefficient (Wildman–Crippen LogP) is 5.32. The molecule has 0 saturated heterocycles. The highest BCUT2D eigenvalue weighted by Crippen LogP contribution is 2.26. The van der Waals surface area contributed by atoms with Crippen LogP contribution in [-0.2, 0) is 10.0 Å². The first-order valence-corrected chi connectivity index (χ1v) is 13.0. The van der Waals surface area contributed by atoms with Gasteiger partial charge in [-0.1, -0.05) is 54.6 Å². The lowest BCUT2D eigenvalue weighted by atomic mass is 10.1. The van der Waals surface area contributed by atoms with Crippen LogP contribution in [0.15, 0.2) is 120 Å². The van der Waals surface area contributed by atoms with Crippen molar-refractivity contribution >= 4 is 21.4 Å². The molecular formula is C28H20N6O2S. The largest absolute Gasteiger partial charge is 0.280 e. The first-order valence-electron chi connectivity index (χ1n) is 11.5. The highest BCUT2D eigenvalue weighted by Gasteiger charge is 2.16. The summed E-state index contributed by atoms with van der Waals surface area (Å²) in [5.74, 6) is 0.593. The number of aromatic nitrogens is 5. The van der Waals surface area contributed by atoms with Gasteiger partial charge in [-0.3, -0.25) is 9.71 Å². The van der Waals surface area contributed by atoms with E-state index in [-0.39, 0.29) is 4.90 Å². The van der Waals surface area contributed by atoms with Gasteiger partial charge < -0.3 is 0 Å². The zero-order valence-electron chi connectivity index (χ0n) is 19.4. The van der Waals surface area contributed by atoms with Gasteiger partial charge in [0.25, 0.3) is 10.0 Å². The fraction of sp³-hybridized carbons (Fsp3) is 0. The van der Waals surface area contributed by atoms with Crippen molar-refractivity contribution in [3.05, 3.63) is 116 Å². The van der Waals surface area contributed by atoms with E-state index >= 15 is 0 Å². The topological polar surface area (TPSA) is 102 Å². The lowest BCUT2D eigenvalue weighted by Gasteiger charge is -2.10. The summed E-state index contributed by atoms with van der Waals surface area (Å²) >= 11 is 0. The Morgan fingerprint density at radius 2 is 1.38 bits per heavy atom. The molecule has 0 spiro atoms. The van der Waals surface area contributed by atoms with Gasteiger partial charge in [-0.05, 0) is 59.7 Å². The summed E-state index contributed by atoms with van der Waals surface area (Å²) in [5, 5.41) is 13.2. The van der Waals surface area contributed by atoms with Crippen molar-refractivity contribution in [2.45, 2.75) is 4.90 Å². The van der Waals surface area contributed by atoms with Crippen LogP contribution < -0.4 is 4.72 Å². The molecule has 3 aromatic heterocycles. The molecular weight excluding hydrogens is 484 g/mol. The number of rotatable bonds is 6. The predicted molar refractivity (Wildman–Crippen MR) is 142 cm³/mol. The number of hydrogen-bond acceptors (Lipinski definition) is 6.